The number of carbonyl (C=O) groups excluding carboxylic acids is 1. The number of amides is 1. The smallest absolute Gasteiger partial charge is 0.257 e. The van der Waals surface area contributed by atoms with Crippen molar-refractivity contribution in [2.24, 2.45) is 0 Å². The number of benzene rings is 2. The van der Waals surface area contributed by atoms with E-state index in [-0.39, 0.29) is 16.9 Å². The van der Waals surface area contributed by atoms with Crippen LogP contribution in [0.2, 0.25) is 0 Å². The van der Waals surface area contributed by atoms with Gasteiger partial charge in [-0.3, -0.25) is 10.1 Å². The van der Waals surface area contributed by atoms with Gasteiger partial charge in [-0.25, -0.2) is 13.4 Å². The molecule has 2 aromatic carbocycles. The summed E-state index contributed by atoms with van der Waals surface area (Å²) >= 11 is 1.29. The SMILES string of the molecule is COCc1csc(NC(=O)c2cc(Oc3ccc(S(C)(=O)=O)cc3)cc(OC(C)COC)c2)n1. The van der Waals surface area contributed by atoms with E-state index >= 15 is 0 Å². The largest absolute Gasteiger partial charge is 0.488 e. The summed E-state index contributed by atoms with van der Waals surface area (Å²) in [7, 11) is -0.174. The number of anilines is 1. The molecule has 1 heterocycles. The van der Waals surface area contributed by atoms with Gasteiger partial charge in [0.1, 0.15) is 23.4 Å². The third-order valence-electron chi connectivity index (χ3n) is 4.43. The molecule has 0 spiro atoms. The fraction of sp³-hybridized carbons (Fsp3) is 0.304. The number of nitrogens with zero attached hydrogens (tertiary/aromatic N) is 1. The first-order valence-corrected chi connectivity index (χ1v) is 13.0. The second kappa shape index (κ2) is 11.4. The first kappa shape index (κ1) is 25.6. The highest BCUT2D eigenvalue weighted by Crippen LogP contribution is 2.29. The first-order valence-electron chi connectivity index (χ1n) is 10.2. The predicted molar refractivity (Wildman–Crippen MR) is 129 cm³/mol. The highest BCUT2D eigenvalue weighted by Gasteiger charge is 2.15. The fourth-order valence-electron chi connectivity index (χ4n) is 2.97. The Morgan fingerprint density at radius 1 is 1.06 bits per heavy atom. The van der Waals surface area contributed by atoms with E-state index in [1.165, 1.54) is 23.5 Å². The van der Waals surface area contributed by atoms with Crippen LogP contribution in [-0.2, 0) is 25.9 Å². The Kier molecular flexibility index (Phi) is 8.61. The average molecular weight is 507 g/mol. The average Bonchev–Trinajstić information content (AvgIpc) is 3.20. The molecule has 11 heteroatoms. The summed E-state index contributed by atoms with van der Waals surface area (Å²) in [5, 5.41) is 5.01. The standard InChI is InChI=1S/C23H26N2O7S2/c1-15(12-29-2)31-19-9-16(22(26)25-23-24-17(13-30-3)14-33-23)10-20(11-19)32-18-5-7-21(8-6-18)34(4,27)28/h5-11,14-15H,12-13H2,1-4H3,(H,24,25,26). The normalized spacial score (nSPS) is 12.2. The van der Waals surface area contributed by atoms with Gasteiger partial charge in [-0.15, -0.1) is 11.3 Å². The molecular formula is C23H26N2O7S2. The zero-order valence-electron chi connectivity index (χ0n) is 19.2. The molecule has 0 aliphatic heterocycles. The van der Waals surface area contributed by atoms with E-state index in [1.807, 2.05) is 6.92 Å². The molecule has 1 atom stereocenters. The van der Waals surface area contributed by atoms with Gasteiger partial charge in [-0.1, -0.05) is 0 Å². The Bertz CT molecular complexity index is 1220. The molecule has 3 rings (SSSR count). The number of hydrogen-bond acceptors (Lipinski definition) is 9. The van der Waals surface area contributed by atoms with Crippen molar-refractivity contribution >= 4 is 32.2 Å². The molecule has 0 aliphatic rings. The minimum atomic E-state index is -3.32. The van der Waals surface area contributed by atoms with Gasteiger partial charge in [-0.2, -0.15) is 0 Å². The number of rotatable bonds is 11. The molecule has 0 bridgehead atoms. The first-order chi connectivity index (χ1) is 16.2. The van der Waals surface area contributed by atoms with E-state index in [0.29, 0.717) is 41.2 Å². The van der Waals surface area contributed by atoms with Crippen LogP contribution in [0.1, 0.15) is 23.0 Å². The van der Waals surface area contributed by atoms with Gasteiger partial charge in [0.05, 0.1) is 23.8 Å². The summed E-state index contributed by atoms with van der Waals surface area (Å²) in [6, 6.07) is 10.8. The molecule has 0 saturated carbocycles. The minimum Gasteiger partial charge on any atom is -0.488 e. The van der Waals surface area contributed by atoms with Crippen LogP contribution in [0.3, 0.4) is 0 Å². The number of sulfone groups is 1. The molecule has 182 valence electrons. The Morgan fingerprint density at radius 2 is 1.76 bits per heavy atom. The van der Waals surface area contributed by atoms with Crippen molar-refractivity contribution in [3.05, 3.63) is 59.1 Å². The van der Waals surface area contributed by atoms with E-state index < -0.39 is 9.84 Å². The summed E-state index contributed by atoms with van der Waals surface area (Å²) in [4.78, 5) is 17.4. The lowest BCUT2D eigenvalue weighted by atomic mass is 10.2. The Hall–Kier alpha value is -2.99. The lowest BCUT2D eigenvalue weighted by molar-refractivity contribution is 0.0916. The van der Waals surface area contributed by atoms with Crippen LogP contribution in [0.25, 0.3) is 0 Å². The maximum atomic E-state index is 12.9. The molecular weight excluding hydrogens is 480 g/mol. The number of ether oxygens (including phenoxy) is 4. The highest BCUT2D eigenvalue weighted by atomic mass is 32.2. The summed E-state index contributed by atoms with van der Waals surface area (Å²) < 4.78 is 45.3. The van der Waals surface area contributed by atoms with Crippen molar-refractivity contribution in [1.82, 2.24) is 4.98 Å². The molecule has 0 radical (unpaired) electrons. The van der Waals surface area contributed by atoms with Gasteiger partial charge in [0.2, 0.25) is 0 Å². The third kappa shape index (κ3) is 7.26. The van der Waals surface area contributed by atoms with E-state index in [1.54, 1.807) is 49.9 Å². The van der Waals surface area contributed by atoms with Crippen molar-refractivity contribution in [2.45, 2.75) is 24.5 Å². The van der Waals surface area contributed by atoms with Crippen LogP contribution < -0.4 is 14.8 Å². The third-order valence-corrected chi connectivity index (χ3v) is 6.37. The molecule has 0 fully saturated rings. The maximum absolute atomic E-state index is 12.9. The highest BCUT2D eigenvalue weighted by molar-refractivity contribution is 7.90. The lowest BCUT2D eigenvalue weighted by Gasteiger charge is -2.16. The number of carbonyl (C=O) groups is 1. The topological polar surface area (TPSA) is 113 Å². The lowest BCUT2D eigenvalue weighted by Crippen LogP contribution is -2.18. The van der Waals surface area contributed by atoms with Gasteiger partial charge >= 0.3 is 0 Å². The monoisotopic (exact) mass is 506 g/mol. The van der Waals surface area contributed by atoms with Crippen LogP contribution in [0.5, 0.6) is 17.2 Å². The molecule has 1 aromatic heterocycles. The minimum absolute atomic E-state index is 0.182. The van der Waals surface area contributed by atoms with Crippen LogP contribution in [0, 0.1) is 0 Å². The second-order valence-corrected chi connectivity index (χ2v) is 10.3. The van der Waals surface area contributed by atoms with E-state index in [0.717, 1.165) is 11.9 Å². The van der Waals surface area contributed by atoms with E-state index in [9.17, 15) is 13.2 Å². The number of methoxy groups -OCH3 is 2. The van der Waals surface area contributed by atoms with Gasteiger partial charge in [0, 0.05) is 37.5 Å². The summed E-state index contributed by atoms with van der Waals surface area (Å²) in [5.74, 6) is 0.781. The number of hydrogen-bond donors (Lipinski definition) is 1. The summed E-state index contributed by atoms with van der Waals surface area (Å²) in [5.41, 5.74) is 1.02. The van der Waals surface area contributed by atoms with Crippen LogP contribution in [0.4, 0.5) is 5.13 Å². The zero-order chi connectivity index (χ0) is 24.7. The molecule has 3 aromatic rings. The number of nitrogens with one attached hydrogen (secondary N) is 1. The zero-order valence-corrected chi connectivity index (χ0v) is 20.9. The van der Waals surface area contributed by atoms with E-state index in [4.69, 9.17) is 18.9 Å². The molecule has 0 aliphatic carbocycles. The van der Waals surface area contributed by atoms with Gasteiger partial charge in [0.25, 0.3) is 5.91 Å². The predicted octanol–water partition coefficient (Wildman–Crippen LogP) is 4.15. The van der Waals surface area contributed by atoms with Crippen molar-refractivity contribution < 1.29 is 32.2 Å². The van der Waals surface area contributed by atoms with Gasteiger partial charge in [-0.05, 0) is 43.3 Å². The molecule has 9 nitrogen and oxygen atoms in total. The maximum Gasteiger partial charge on any atom is 0.257 e. The van der Waals surface area contributed by atoms with Crippen molar-refractivity contribution in [1.29, 1.82) is 0 Å². The Balaban J connectivity index is 1.85. The van der Waals surface area contributed by atoms with Crippen LogP contribution >= 0.6 is 11.3 Å². The van der Waals surface area contributed by atoms with Crippen LogP contribution in [-0.4, -0.2) is 52.5 Å². The van der Waals surface area contributed by atoms with Crippen molar-refractivity contribution in [2.75, 3.05) is 32.4 Å². The van der Waals surface area contributed by atoms with Crippen molar-refractivity contribution in [3.8, 4) is 17.2 Å². The molecule has 1 unspecified atom stereocenters. The van der Waals surface area contributed by atoms with Crippen LogP contribution in [0.15, 0.2) is 52.7 Å². The molecule has 0 saturated heterocycles. The second-order valence-electron chi connectivity index (χ2n) is 7.45. The fourth-order valence-corrected chi connectivity index (χ4v) is 4.29. The van der Waals surface area contributed by atoms with E-state index in [2.05, 4.69) is 10.3 Å². The molecule has 1 amide bonds. The summed E-state index contributed by atoms with van der Waals surface area (Å²) in [6.45, 7) is 2.55. The Morgan fingerprint density at radius 3 is 2.41 bits per heavy atom. The number of aromatic nitrogens is 1. The van der Waals surface area contributed by atoms with Crippen molar-refractivity contribution in [3.63, 3.8) is 0 Å². The molecule has 1 N–H and O–H groups in total. The number of thiazole rings is 1. The van der Waals surface area contributed by atoms with Gasteiger partial charge < -0.3 is 18.9 Å². The summed E-state index contributed by atoms with van der Waals surface area (Å²) in [6.07, 6.45) is 0.872. The quantitative estimate of drug-likeness (QED) is 0.413. The Labute approximate surface area is 202 Å². The molecule has 34 heavy (non-hydrogen) atoms. The van der Waals surface area contributed by atoms with Gasteiger partial charge in [0.15, 0.2) is 15.0 Å².